The third-order valence-corrected chi connectivity index (χ3v) is 3.53. The lowest BCUT2D eigenvalue weighted by atomic mass is 9.98. The first-order chi connectivity index (χ1) is 10.2. The SMILES string of the molecule is COc1cc(Cl)ccc1C(=O)c1cccc2ncccc12. The number of ether oxygens (including phenoxy) is 1. The highest BCUT2D eigenvalue weighted by molar-refractivity contribution is 6.31. The molecular weight excluding hydrogens is 286 g/mol. The summed E-state index contributed by atoms with van der Waals surface area (Å²) < 4.78 is 5.26. The lowest BCUT2D eigenvalue weighted by Crippen LogP contribution is -2.05. The summed E-state index contributed by atoms with van der Waals surface area (Å²) in [6.45, 7) is 0. The van der Waals surface area contributed by atoms with E-state index in [1.54, 1.807) is 30.5 Å². The van der Waals surface area contributed by atoms with Crippen LogP contribution in [-0.2, 0) is 0 Å². The number of pyridine rings is 1. The Morgan fingerprint density at radius 1 is 1.10 bits per heavy atom. The van der Waals surface area contributed by atoms with Crippen LogP contribution in [0.4, 0.5) is 0 Å². The largest absolute Gasteiger partial charge is 0.496 e. The minimum atomic E-state index is -0.109. The fourth-order valence-corrected chi connectivity index (χ4v) is 2.46. The molecule has 0 aliphatic carbocycles. The number of nitrogens with zero attached hydrogens (tertiary/aromatic N) is 1. The molecule has 0 unspecified atom stereocenters. The van der Waals surface area contributed by atoms with Gasteiger partial charge in [-0.3, -0.25) is 9.78 Å². The van der Waals surface area contributed by atoms with Gasteiger partial charge in [-0.25, -0.2) is 0 Å². The van der Waals surface area contributed by atoms with Gasteiger partial charge in [0, 0.05) is 22.2 Å². The predicted octanol–water partition coefficient (Wildman–Crippen LogP) is 4.13. The van der Waals surface area contributed by atoms with E-state index in [1.165, 1.54) is 7.11 Å². The van der Waals surface area contributed by atoms with E-state index in [0.29, 0.717) is 21.9 Å². The Morgan fingerprint density at radius 3 is 2.76 bits per heavy atom. The van der Waals surface area contributed by atoms with Gasteiger partial charge in [0.1, 0.15) is 5.75 Å². The van der Waals surface area contributed by atoms with Crippen LogP contribution in [0.5, 0.6) is 5.75 Å². The van der Waals surface area contributed by atoms with Crippen molar-refractivity contribution in [2.75, 3.05) is 7.11 Å². The topological polar surface area (TPSA) is 39.2 Å². The third-order valence-electron chi connectivity index (χ3n) is 3.30. The molecule has 21 heavy (non-hydrogen) atoms. The summed E-state index contributed by atoms with van der Waals surface area (Å²) in [6.07, 6.45) is 1.71. The molecule has 3 aromatic rings. The molecule has 3 rings (SSSR count). The zero-order valence-electron chi connectivity index (χ0n) is 11.3. The minimum absolute atomic E-state index is 0.109. The Morgan fingerprint density at radius 2 is 1.95 bits per heavy atom. The zero-order valence-corrected chi connectivity index (χ0v) is 12.1. The lowest BCUT2D eigenvalue weighted by Gasteiger charge is -2.09. The second-order valence-corrected chi connectivity index (χ2v) is 4.99. The molecule has 1 aromatic heterocycles. The molecule has 4 heteroatoms. The fraction of sp³-hybridized carbons (Fsp3) is 0.0588. The average molecular weight is 298 g/mol. The second-order valence-electron chi connectivity index (χ2n) is 4.55. The first-order valence-corrected chi connectivity index (χ1v) is 6.80. The van der Waals surface area contributed by atoms with Gasteiger partial charge in [0.15, 0.2) is 5.78 Å². The number of aromatic nitrogens is 1. The summed E-state index contributed by atoms with van der Waals surface area (Å²) in [6, 6.07) is 14.2. The van der Waals surface area contributed by atoms with E-state index < -0.39 is 0 Å². The van der Waals surface area contributed by atoms with Gasteiger partial charge in [-0.05, 0) is 30.3 Å². The first kappa shape index (κ1) is 13.6. The lowest BCUT2D eigenvalue weighted by molar-refractivity contribution is 0.103. The summed E-state index contributed by atoms with van der Waals surface area (Å²) in [7, 11) is 1.52. The Bertz CT molecular complexity index is 825. The number of hydrogen-bond acceptors (Lipinski definition) is 3. The van der Waals surface area contributed by atoms with Crippen molar-refractivity contribution in [1.82, 2.24) is 4.98 Å². The van der Waals surface area contributed by atoms with Crippen LogP contribution in [0.15, 0.2) is 54.7 Å². The van der Waals surface area contributed by atoms with E-state index in [9.17, 15) is 4.79 Å². The molecule has 2 aromatic carbocycles. The molecule has 0 aliphatic heterocycles. The molecule has 0 N–H and O–H groups in total. The van der Waals surface area contributed by atoms with Crippen molar-refractivity contribution in [1.29, 1.82) is 0 Å². The predicted molar refractivity (Wildman–Crippen MR) is 83.2 cm³/mol. The number of halogens is 1. The van der Waals surface area contributed by atoms with Crippen LogP contribution >= 0.6 is 11.6 Å². The number of rotatable bonds is 3. The van der Waals surface area contributed by atoms with Crippen LogP contribution in [0.3, 0.4) is 0 Å². The van der Waals surface area contributed by atoms with Crippen LogP contribution in [0, 0.1) is 0 Å². The Hall–Kier alpha value is -2.39. The van der Waals surface area contributed by atoms with E-state index >= 15 is 0 Å². The fourth-order valence-electron chi connectivity index (χ4n) is 2.30. The molecule has 3 nitrogen and oxygen atoms in total. The minimum Gasteiger partial charge on any atom is -0.496 e. The van der Waals surface area contributed by atoms with E-state index in [4.69, 9.17) is 16.3 Å². The maximum Gasteiger partial charge on any atom is 0.197 e. The number of ketones is 1. The summed E-state index contributed by atoms with van der Waals surface area (Å²) in [5, 5.41) is 1.35. The van der Waals surface area contributed by atoms with Crippen LogP contribution < -0.4 is 4.74 Å². The number of methoxy groups -OCH3 is 1. The van der Waals surface area contributed by atoms with Crippen molar-refractivity contribution in [3.63, 3.8) is 0 Å². The van der Waals surface area contributed by atoms with Crippen molar-refractivity contribution in [2.45, 2.75) is 0 Å². The van der Waals surface area contributed by atoms with Crippen LogP contribution in [0.25, 0.3) is 10.9 Å². The third kappa shape index (κ3) is 2.48. The summed E-state index contributed by atoms with van der Waals surface area (Å²) >= 11 is 5.94. The van der Waals surface area contributed by atoms with Gasteiger partial charge in [-0.2, -0.15) is 0 Å². The van der Waals surface area contributed by atoms with Crippen molar-refractivity contribution >= 4 is 28.3 Å². The Balaban J connectivity index is 2.17. The van der Waals surface area contributed by atoms with Crippen LogP contribution in [-0.4, -0.2) is 17.9 Å². The average Bonchev–Trinajstić information content (AvgIpc) is 2.53. The quantitative estimate of drug-likeness (QED) is 0.682. The van der Waals surface area contributed by atoms with Gasteiger partial charge in [0.2, 0.25) is 0 Å². The number of hydrogen-bond donors (Lipinski definition) is 0. The molecule has 104 valence electrons. The van der Waals surface area contributed by atoms with Gasteiger partial charge in [0.05, 0.1) is 18.2 Å². The summed E-state index contributed by atoms with van der Waals surface area (Å²) in [4.78, 5) is 17.1. The highest BCUT2D eigenvalue weighted by Crippen LogP contribution is 2.27. The van der Waals surface area contributed by atoms with Gasteiger partial charge in [0.25, 0.3) is 0 Å². The van der Waals surface area contributed by atoms with Gasteiger partial charge in [-0.15, -0.1) is 0 Å². The van der Waals surface area contributed by atoms with Crippen molar-refractivity contribution in [3.8, 4) is 5.75 Å². The maximum atomic E-state index is 12.8. The molecule has 1 heterocycles. The summed E-state index contributed by atoms with van der Waals surface area (Å²) in [5.41, 5.74) is 1.87. The standard InChI is InChI=1S/C17H12ClNO2/c1-21-16-10-11(18)7-8-14(16)17(20)13-4-2-6-15-12(13)5-3-9-19-15/h2-10H,1H3. The number of fused-ring (bicyclic) bond motifs is 1. The first-order valence-electron chi connectivity index (χ1n) is 6.42. The maximum absolute atomic E-state index is 12.8. The molecule has 0 saturated carbocycles. The Labute approximate surface area is 127 Å². The molecule has 0 atom stereocenters. The summed E-state index contributed by atoms with van der Waals surface area (Å²) in [5.74, 6) is 0.357. The van der Waals surface area contributed by atoms with Crippen molar-refractivity contribution in [3.05, 3.63) is 70.9 Å². The van der Waals surface area contributed by atoms with Crippen LogP contribution in [0.1, 0.15) is 15.9 Å². The molecule has 0 amide bonds. The molecule has 0 spiro atoms. The van der Waals surface area contributed by atoms with E-state index in [1.807, 2.05) is 24.3 Å². The Kier molecular flexibility index (Phi) is 3.59. The molecule has 0 aliphatic rings. The van der Waals surface area contributed by atoms with Crippen molar-refractivity contribution < 1.29 is 9.53 Å². The van der Waals surface area contributed by atoms with Gasteiger partial charge < -0.3 is 4.74 Å². The monoisotopic (exact) mass is 297 g/mol. The van der Waals surface area contributed by atoms with E-state index in [-0.39, 0.29) is 5.78 Å². The molecule has 0 fully saturated rings. The highest BCUT2D eigenvalue weighted by Gasteiger charge is 2.17. The number of carbonyl (C=O) groups excluding carboxylic acids is 1. The highest BCUT2D eigenvalue weighted by atomic mass is 35.5. The number of carbonyl (C=O) groups is 1. The van der Waals surface area contributed by atoms with Gasteiger partial charge in [-0.1, -0.05) is 29.8 Å². The van der Waals surface area contributed by atoms with Crippen molar-refractivity contribution in [2.24, 2.45) is 0 Å². The van der Waals surface area contributed by atoms with E-state index in [0.717, 1.165) is 10.9 Å². The smallest absolute Gasteiger partial charge is 0.197 e. The number of benzene rings is 2. The zero-order chi connectivity index (χ0) is 14.8. The molecule has 0 radical (unpaired) electrons. The molecule has 0 bridgehead atoms. The normalized spacial score (nSPS) is 10.6. The molecular formula is C17H12ClNO2. The van der Waals surface area contributed by atoms with E-state index in [2.05, 4.69) is 4.98 Å². The van der Waals surface area contributed by atoms with Crippen LogP contribution in [0.2, 0.25) is 5.02 Å². The second kappa shape index (κ2) is 5.54. The van der Waals surface area contributed by atoms with Gasteiger partial charge >= 0.3 is 0 Å². The molecule has 0 saturated heterocycles.